The van der Waals surface area contributed by atoms with Gasteiger partial charge in [-0.05, 0) is 46.7 Å². The summed E-state index contributed by atoms with van der Waals surface area (Å²) in [4.78, 5) is 0. The lowest BCUT2D eigenvalue weighted by Crippen LogP contribution is -2.20. The molecular formula is C13H19BrO2. The highest BCUT2D eigenvalue weighted by Gasteiger charge is 2.29. The van der Waals surface area contributed by atoms with Crippen molar-refractivity contribution >= 4 is 15.9 Å². The topological polar surface area (TPSA) is 33.4 Å². The molecule has 0 spiro atoms. The fourth-order valence-corrected chi connectivity index (χ4v) is 3.08. The van der Waals surface area contributed by atoms with E-state index in [1.807, 2.05) is 6.07 Å². The Morgan fingerprint density at radius 2 is 2.12 bits per heavy atom. The van der Waals surface area contributed by atoms with E-state index in [4.69, 9.17) is 4.42 Å². The molecule has 1 heterocycles. The Morgan fingerprint density at radius 1 is 1.44 bits per heavy atom. The van der Waals surface area contributed by atoms with E-state index in [0.717, 1.165) is 23.2 Å². The van der Waals surface area contributed by atoms with Crippen LogP contribution in [0, 0.1) is 11.8 Å². The molecule has 1 aromatic rings. The number of furan rings is 1. The highest BCUT2D eigenvalue weighted by Crippen LogP contribution is 2.39. The maximum absolute atomic E-state index is 10.3. The van der Waals surface area contributed by atoms with Crippen LogP contribution in [-0.4, -0.2) is 5.11 Å². The van der Waals surface area contributed by atoms with Crippen molar-refractivity contribution in [1.82, 2.24) is 0 Å². The lowest BCUT2D eigenvalue weighted by molar-refractivity contribution is 0.0546. The Kier molecular flexibility index (Phi) is 4.09. The maximum atomic E-state index is 10.3. The summed E-state index contributed by atoms with van der Waals surface area (Å²) in [5.41, 5.74) is 0. The summed E-state index contributed by atoms with van der Waals surface area (Å²) in [6, 6.07) is 1.84. The van der Waals surface area contributed by atoms with Gasteiger partial charge in [0.2, 0.25) is 0 Å². The lowest BCUT2D eigenvalue weighted by atomic mass is 9.78. The van der Waals surface area contributed by atoms with Gasteiger partial charge < -0.3 is 9.52 Å². The third kappa shape index (κ3) is 2.51. The quantitative estimate of drug-likeness (QED) is 0.899. The number of rotatable bonds is 3. The van der Waals surface area contributed by atoms with Gasteiger partial charge in [-0.1, -0.05) is 26.2 Å². The van der Waals surface area contributed by atoms with Crippen LogP contribution in [0.25, 0.3) is 0 Å². The maximum Gasteiger partial charge on any atom is 0.146 e. The van der Waals surface area contributed by atoms with Gasteiger partial charge in [-0.25, -0.2) is 0 Å². The minimum atomic E-state index is -0.442. The van der Waals surface area contributed by atoms with E-state index in [0.29, 0.717) is 11.7 Å². The van der Waals surface area contributed by atoms with Crippen LogP contribution < -0.4 is 0 Å². The van der Waals surface area contributed by atoms with Gasteiger partial charge in [0.15, 0.2) is 0 Å². The summed E-state index contributed by atoms with van der Waals surface area (Å²) in [5.74, 6) is 1.92. The van der Waals surface area contributed by atoms with Gasteiger partial charge in [-0.3, -0.25) is 0 Å². The Labute approximate surface area is 105 Å². The first-order chi connectivity index (χ1) is 7.72. The molecular weight excluding hydrogens is 268 g/mol. The molecule has 0 radical (unpaired) electrons. The van der Waals surface area contributed by atoms with Gasteiger partial charge in [0.25, 0.3) is 0 Å². The van der Waals surface area contributed by atoms with Crippen LogP contribution >= 0.6 is 15.9 Å². The standard InChI is InChI=1S/C13H19BrO2/c1-2-9-3-5-10(6-4-9)12(15)13-11(14)7-8-16-13/h7-10,12,15H,2-6H2,1H3. The first-order valence-electron chi connectivity index (χ1n) is 6.13. The lowest BCUT2D eigenvalue weighted by Gasteiger charge is -2.30. The summed E-state index contributed by atoms with van der Waals surface area (Å²) in [5, 5.41) is 10.3. The molecule has 1 atom stereocenters. The van der Waals surface area contributed by atoms with Crippen LogP contribution in [0.4, 0.5) is 0 Å². The van der Waals surface area contributed by atoms with E-state index < -0.39 is 6.10 Å². The molecule has 0 aliphatic heterocycles. The molecule has 0 saturated heterocycles. The molecule has 1 aromatic heterocycles. The SMILES string of the molecule is CCC1CCC(C(O)c2occc2Br)CC1. The minimum Gasteiger partial charge on any atom is -0.465 e. The van der Waals surface area contributed by atoms with Crippen molar-refractivity contribution < 1.29 is 9.52 Å². The molecule has 3 heteroatoms. The zero-order valence-corrected chi connectivity index (χ0v) is 11.2. The van der Waals surface area contributed by atoms with Crippen molar-refractivity contribution in [2.75, 3.05) is 0 Å². The normalized spacial score (nSPS) is 27.9. The zero-order chi connectivity index (χ0) is 11.5. The number of aliphatic hydroxyl groups excluding tert-OH is 1. The van der Waals surface area contributed by atoms with Crippen LogP contribution in [-0.2, 0) is 0 Å². The molecule has 1 aliphatic rings. The third-order valence-electron chi connectivity index (χ3n) is 3.83. The molecule has 1 fully saturated rings. The number of hydrogen-bond acceptors (Lipinski definition) is 2. The van der Waals surface area contributed by atoms with E-state index in [2.05, 4.69) is 22.9 Å². The first kappa shape index (κ1) is 12.2. The van der Waals surface area contributed by atoms with Crippen molar-refractivity contribution in [1.29, 1.82) is 0 Å². The van der Waals surface area contributed by atoms with Gasteiger partial charge in [0.05, 0.1) is 10.7 Å². The largest absolute Gasteiger partial charge is 0.465 e. The average molecular weight is 287 g/mol. The molecule has 90 valence electrons. The average Bonchev–Trinajstić information content (AvgIpc) is 2.75. The second-order valence-electron chi connectivity index (χ2n) is 4.77. The summed E-state index contributed by atoms with van der Waals surface area (Å²) < 4.78 is 6.22. The van der Waals surface area contributed by atoms with Gasteiger partial charge in [-0.2, -0.15) is 0 Å². The van der Waals surface area contributed by atoms with Gasteiger partial charge in [-0.15, -0.1) is 0 Å². The summed E-state index contributed by atoms with van der Waals surface area (Å²) in [6.07, 6.45) is 7.18. The summed E-state index contributed by atoms with van der Waals surface area (Å²) in [7, 11) is 0. The molecule has 0 aromatic carbocycles. The Hall–Kier alpha value is -0.280. The van der Waals surface area contributed by atoms with E-state index in [1.54, 1.807) is 6.26 Å². The van der Waals surface area contributed by atoms with Crippen molar-refractivity contribution in [3.05, 3.63) is 22.6 Å². The van der Waals surface area contributed by atoms with Crippen LogP contribution in [0.3, 0.4) is 0 Å². The minimum absolute atomic E-state index is 0.366. The highest BCUT2D eigenvalue weighted by atomic mass is 79.9. The van der Waals surface area contributed by atoms with Crippen LogP contribution in [0.1, 0.15) is 50.9 Å². The highest BCUT2D eigenvalue weighted by molar-refractivity contribution is 9.10. The monoisotopic (exact) mass is 286 g/mol. The number of hydrogen-bond donors (Lipinski definition) is 1. The van der Waals surface area contributed by atoms with Crippen LogP contribution in [0.15, 0.2) is 21.2 Å². The van der Waals surface area contributed by atoms with Crippen molar-refractivity contribution in [2.24, 2.45) is 11.8 Å². The molecule has 1 aliphatic carbocycles. The van der Waals surface area contributed by atoms with Crippen molar-refractivity contribution in [3.63, 3.8) is 0 Å². The molecule has 2 nitrogen and oxygen atoms in total. The first-order valence-corrected chi connectivity index (χ1v) is 6.92. The second kappa shape index (κ2) is 5.37. The van der Waals surface area contributed by atoms with Crippen LogP contribution in [0.2, 0.25) is 0 Å². The molecule has 1 N–H and O–H groups in total. The predicted molar refractivity (Wildman–Crippen MR) is 67.1 cm³/mol. The molecule has 0 amide bonds. The van der Waals surface area contributed by atoms with E-state index in [9.17, 15) is 5.11 Å². The van der Waals surface area contributed by atoms with E-state index in [1.165, 1.54) is 19.3 Å². The summed E-state index contributed by atoms with van der Waals surface area (Å²) in [6.45, 7) is 2.25. The van der Waals surface area contributed by atoms with E-state index in [-0.39, 0.29) is 0 Å². The molecule has 1 saturated carbocycles. The predicted octanol–water partition coefficient (Wildman–Crippen LogP) is 4.29. The smallest absolute Gasteiger partial charge is 0.146 e. The second-order valence-corrected chi connectivity index (χ2v) is 5.62. The molecule has 0 bridgehead atoms. The number of halogens is 1. The molecule has 16 heavy (non-hydrogen) atoms. The van der Waals surface area contributed by atoms with Crippen LogP contribution in [0.5, 0.6) is 0 Å². The van der Waals surface area contributed by atoms with E-state index >= 15 is 0 Å². The Balaban J connectivity index is 1.97. The Morgan fingerprint density at radius 3 is 2.62 bits per heavy atom. The number of aliphatic hydroxyl groups is 1. The van der Waals surface area contributed by atoms with Crippen molar-refractivity contribution in [2.45, 2.75) is 45.1 Å². The third-order valence-corrected chi connectivity index (χ3v) is 4.48. The molecule has 2 rings (SSSR count). The van der Waals surface area contributed by atoms with Gasteiger partial charge >= 0.3 is 0 Å². The summed E-state index contributed by atoms with van der Waals surface area (Å²) >= 11 is 3.41. The van der Waals surface area contributed by atoms with Crippen molar-refractivity contribution in [3.8, 4) is 0 Å². The van der Waals surface area contributed by atoms with Gasteiger partial charge in [0.1, 0.15) is 11.9 Å². The fourth-order valence-electron chi connectivity index (χ4n) is 2.64. The Bertz CT molecular complexity index is 326. The molecule has 1 unspecified atom stereocenters. The fraction of sp³-hybridized carbons (Fsp3) is 0.692. The zero-order valence-electron chi connectivity index (χ0n) is 9.66. The van der Waals surface area contributed by atoms with Gasteiger partial charge in [0, 0.05) is 0 Å².